The van der Waals surface area contributed by atoms with E-state index < -0.39 is 0 Å². The second-order valence-electron chi connectivity index (χ2n) is 5.84. The van der Waals surface area contributed by atoms with Crippen LogP contribution in [0.3, 0.4) is 0 Å². The molecule has 6 heteroatoms. The van der Waals surface area contributed by atoms with Gasteiger partial charge in [-0.2, -0.15) is 4.37 Å². The summed E-state index contributed by atoms with van der Waals surface area (Å²) in [4.78, 5) is 7.12. The monoisotopic (exact) mass is 296 g/mol. The topological polar surface area (TPSA) is 50.3 Å². The lowest BCUT2D eigenvalue weighted by atomic mass is 9.97. The molecule has 1 saturated heterocycles. The van der Waals surface area contributed by atoms with E-state index in [1.54, 1.807) is 18.6 Å². The summed E-state index contributed by atoms with van der Waals surface area (Å²) in [5, 5.41) is 4.61. The van der Waals surface area contributed by atoms with Crippen molar-refractivity contribution in [1.29, 1.82) is 0 Å². The number of hydrogen-bond acceptors (Lipinski definition) is 6. The average molecular weight is 296 g/mol. The molecular formula is C14H24N4OS. The number of rotatable bonds is 7. The molecule has 1 aliphatic carbocycles. The van der Waals surface area contributed by atoms with Crippen molar-refractivity contribution < 1.29 is 4.74 Å². The van der Waals surface area contributed by atoms with Crippen molar-refractivity contribution in [3.05, 3.63) is 5.82 Å². The van der Waals surface area contributed by atoms with Gasteiger partial charge in [0, 0.05) is 44.2 Å². The Morgan fingerprint density at radius 3 is 2.80 bits per heavy atom. The van der Waals surface area contributed by atoms with Crippen LogP contribution in [-0.2, 0) is 4.74 Å². The average Bonchev–Trinajstić information content (AvgIpc) is 3.22. The zero-order valence-electron chi connectivity index (χ0n) is 12.2. The Balaban J connectivity index is 1.41. The number of nitrogens with one attached hydrogen (secondary N) is 1. The van der Waals surface area contributed by atoms with E-state index >= 15 is 0 Å². The Kier molecular flexibility index (Phi) is 4.86. The summed E-state index contributed by atoms with van der Waals surface area (Å²) in [6.45, 7) is 5.11. The molecule has 0 unspecified atom stereocenters. The minimum Gasteiger partial charge on any atom is -0.383 e. The summed E-state index contributed by atoms with van der Waals surface area (Å²) in [6.07, 6.45) is 5.06. The zero-order valence-corrected chi connectivity index (χ0v) is 13.0. The van der Waals surface area contributed by atoms with Gasteiger partial charge in [0.25, 0.3) is 0 Å². The number of methoxy groups -OCH3 is 1. The van der Waals surface area contributed by atoms with Crippen LogP contribution in [0.25, 0.3) is 0 Å². The van der Waals surface area contributed by atoms with Crippen molar-refractivity contribution in [3.63, 3.8) is 0 Å². The van der Waals surface area contributed by atoms with Crippen LogP contribution in [0, 0.1) is 5.92 Å². The van der Waals surface area contributed by atoms with Crippen molar-refractivity contribution in [1.82, 2.24) is 14.7 Å². The second kappa shape index (κ2) is 6.83. The first-order chi connectivity index (χ1) is 9.86. The smallest absolute Gasteiger partial charge is 0.205 e. The number of nitrogens with zero attached hydrogens (tertiary/aromatic N) is 3. The molecule has 2 aliphatic rings. The van der Waals surface area contributed by atoms with Crippen LogP contribution in [0.1, 0.15) is 37.4 Å². The molecule has 1 saturated carbocycles. The van der Waals surface area contributed by atoms with Crippen LogP contribution in [0.15, 0.2) is 0 Å². The van der Waals surface area contributed by atoms with Gasteiger partial charge in [-0.15, -0.1) is 0 Å². The van der Waals surface area contributed by atoms with E-state index in [2.05, 4.69) is 14.6 Å². The first kappa shape index (κ1) is 14.2. The van der Waals surface area contributed by atoms with Crippen LogP contribution in [0.2, 0.25) is 0 Å². The van der Waals surface area contributed by atoms with Gasteiger partial charge in [0.1, 0.15) is 5.82 Å². The van der Waals surface area contributed by atoms with E-state index in [0.29, 0.717) is 5.92 Å². The molecule has 1 aromatic rings. The summed E-state index contributed by atoms with van der Waals surface area (Å²) in [6, 6.07) is 0. The highest BCUT2D eigenvalue weighted by atomic mass is 32.1. The van der Waals surface area contributed by atoms with Crippen molar-refractivity contribution in [2.75, 3.05) is 44.8 Å². The lowest BCUT2D eigenvalue weighted by Crippen LogP contribution is -2.37. The lowest BCUT2D eigenvalue weighted by Gasteiger charge is -2.31. The van der Waals surface area contributed by atoms with E-state index in [1.165, 1.54) is 25.7 Å². The number of hydrogen-bond donors (Lipinski definition) is 1. The van der Waals surface area contributed by atoms with Gasteiger partial charge in [-0.1, -0.05) is 0 Å². The molecule has 20 heavy (non-hydrogen) atoms. The molecule has 5 nitrogen and oxygen atoms in total. The van der Waals surface area contributed by atoms with Crippen LogP contribution >= 0.6 is 11.5 Å². The molecule has 0 spiro atoms. The molecule has 0 bridgehead atoms. The third-order valence-corrected chi connectivity index (χ3v) is 4.97. The molecule has 1 aliphatic heterocycles. The summed E-state index contributed by atoms with van der Waals surface area (Å²) < 4.78 is 9.55. The Bertz CT molecular complexity index is 413. The number of piperidine rings is 1. The highest BCUT2D eigenvalue weighted by Crippen LogP contribution is 2.40. The summed E-state index contributed by atoms with van der Waals surface area (Å²) in [7, 11) is 1.75. The van der Waals surface area contributed by atoms with E-state index in [-0.39, 0.29) is 0 Å². The molecule has 1 aromatic heterocycles. The van der Waals surface area contributed by atoms with Crippen LogP contribution < -0.4 is 10.2 Å². The standard InChI is InChI=1S/C14H24N4OS/c1-19-9-6-15-10-11-4-7-18(8-5-11)14-16-13(17-20-14)12-2-3-12/h11-12,15H,2-10H2,1H3. The Labute approximate surface area is 124 Å². The molecule has 1 N–H and O–H groups in total. The van der Waals surface area contributed by atoms with Gasteiger partial charge in [0.05, 0.1) is 6.61 Å². The van der Waals surface area contributed by atoms with Gasteiger partial charge < -0.3 is 15.0 Å². The molecule has 2 heterocycles. The highest BCUT2D eigenvalue weighted by molar-refractivity contribution is 7.09. The van der Waals surface area contributed by atoms with Gasteiger partial charge in [-0.05, 0) is 38.1 Å². The van der Waals surface area contributed by atoms with Gasteiger partial charge >= 0.3 is 0 Å². The van der Waals surface area contributed by atoms with Gasteiger partial charge in [-0.3, -0.25) is 0 Å². The first-order valence-electron chi connectivity index (χ1n) is 7.65. The maximum atomic E-state index is 5.05. The van der Waals surface area contributed by atoms with E-state index in [9.17, 15) is 0 Å². The number of ether oxygens (including phenoxy) is 1. The fourth-order valence-electron chi connectivity index (χ4n) is 2.67. The van der Waals surface area contributed by atoms with Gasteiger partial charge in [0.15, 0.2) is 0 Å². The Morgan fingerprint density at radius 2 is 2.10 bits per heavy atom. The minimum absolute atomic E-state index is 0.669. The van der Waals surface area contributed by atoms with E-state index in [0.717, 1.165) is 49.7 Å². The molecule has 0 atom stereocenters. The molecule has 0 radical (unpaired) electrons. The maximum Gasteiger partial charge on any atom is 0.205 e. The summed E-state index contributed by atoms with van der Waals surface area (Å²) in [5.74, 6) is 2.55. The zero-order chi connectivity index (χ0) is 13.8. The molecule has 112 valence electrons. The predicted octanol–water partition coefficient (Wildman–Crippen LogP) is 1.87. The molecule has 0 aromatic carbocycles. The largest absolute Gasteiger partial charge is 0.383 e. The van der Waals surface area contributed by atoms with Crippen molar-refractivity contribution in [3.8, 4) is 0 Å². The maximum absolute atomic E-state index is 5.05. The van der Waals surface area contributed by atoms with Crippen molar-refractivity contribution in [2.45, 2.75) is 31.6 Å². The minimum atomic E-state index is 0.669. The van der Waals surface area contributed by atoms with Crippen LogP contribution in [0.4, 0.5) is 5.13 Å². The summed E-state index contributed by atoms with van der Waals surface area (Å²) in [5.41, 5.74) is 0. The fraction of sp³-hybridized carbons (Fsp3) is 0.857. The van der Waals surface area contributed by atoms with Crippen LogP contribution in [0.5, 0.6) is 0 Å². The van der Waals surface area contributed by atoms with E-state index in [4.69, 9.17) is 9.72 Å². The van der Waals surface area contributed by atoms with Crippen molar-refractivity contribution in [2.24, 2.45) is 5.92 Å². The molecule has 2 fully saturated rings. The lowest BCUT2D eigenvalue weighted by molar-refractivity contribution is 0.197. The highest BCUT2D eigenvalue weighted by Gasteiger charge is 2.29. The van der Waals surface area contributed by atoms with Crippen LogP contribution in [-0.4, -0.2) is 49.3 Å². The van der Waals surface area contributed by atoms with Crippen molar-refractivity contribution >= 4 is 16.7 Å². The quantitative estimate of drug-likeness (QED) is 0.779. The fourth-order valence-corrected chi connectivity index (χ4v) is 3.47. The first-order valence-corrected chi connectivity index (χ1v) is 8.42. The van der Waals surface area contributed by atoms with Gasteiger partial charge in [-0.25, -0.2) is 4.98 Å². The van der Waals surface area contributed by atoms with Gasteiger partial charge in [0.2, 0.25) is 5.13 Å². The molecular weight excluding hydrogens is 272 g/mol. The second-order valence-corrected chi connectivity index (χ2v) is 6.57. The SMILES string of the molecule is COCCNCC1CCN(c2nc(C3CC3)ns2)CC1. The molecule has 3 rings (SSSR count). The normalized spacial score (nSPS) is 20.6. The third-order valence-electron chi connectivity index (χ3n) is 4.17. The summed E-state index contributed by atoms with van der Waals surface area (Å²) >= 11 is 1.58. The molecule has 0 amide bonds. The predicted molar refractivity (Wildman–Crippen MR) is 81.6 cm³/mol. The Hall–Kier alpha value is -0.720. The number of aromatic nitrogens is 2. The van der Waals surface area contributed by atoms with E-state index in [1.807, 2.05) is 0 Å². The number of anilines is 1. The Morgan fingerprint density at radius 1 is 1.30 bits per heavy atom. The third kappa shape index (κ3) is 3.68.